The molecule has 5 aromatic rings. The van der Waals surface area contributed by atoms with E-state index in [0.717, 1.165) is 51.3 Å². The van der Waals surface area contributed by atoms with Crippen LogP contribution in [-0.4, -0.2) is 37.7 Å². The molecule has 3 aromatic heterocycles. The van der Waals surface area contributed by atoms with Crippen LogP contribution >= 0.6 is 0 Å². The molecule has 36 heavy (non-hydrogen) atoms. The number of likely N-dealkylation sites (tertiary alicyclic amines) is 1. The van der Waals surface area contributed by atoms with Crippen molar-refractivity contribution in [2.24, 2.45) is 0 Å². The standard InChI is InChI=1S/C30H32N6/c1-20(2)36-19-27(29(34-36)23-9-11-24(31)12-10-23)25-13-14-32-30-26(25)17-28(33-30)22-7-5-21(6-8-22)18-35-15-3-4-16-35/h5-14,17,19-20H,3-4,15-16,18,31H2,1-2H3,(H,32,33). The Morgan fingerprint density at radius 3 is 2.36 bits per heavy atom. The number of hydrogen-bond acceptors (Lipinski definition) is 4. The molecule has 0 amide bonds. The Morgan fingerprint density at radius 2 is 1.64 bits per heavy atom. The monoisotopic (exact) mass is 476 g/mol. The number of H-pyrrole nitrogens is 1. The Bertz CT molecular complexity index is 1490. The van der Waals surface area contributed by atoms with Crippen LogP contribution in [0.4, 0.5) is 5.69 Å². The number of hydrogen-bond donors (Lipinski definition) is 2. The first-order valence-corrected chi connectivity index (χ1v) is 12.8. The van der Waals surface area contributed by atoms with Crippen LogP contribution in [0.15, 0.2) is 73.1 Å². The first-order valence-electron chi connectivity index (χ1n) is 12.8. The molecule has 0 spiro atoms. The highest BCUT2D eigenvalue weighted by atomic mass is 15.3. The number of benzene rings is 2. The molecule has 0 unspecified atom stereocenters. The first kappa shape index (κ1) is 22.6. The summed E-state index contributed by atoms with van der Waals surface area (Å²) in [5.41, 5.74) is 15.4. The van der Waals surface area contributed by atoms with Gasteiger partial charge in [-0.2, -0.15) is 5.10 Å². The third-order valence-electron chi connectivity index (χ3n) is 7.14. The second-order valence-corrected chi connectivity index (χ2v) is 10.1. The third-order valence-corrected chi connectivity index (χ3v) is 7.14. The fourth-order valence-corrected chi connectivity index (χ4v) is 5.11. The number of fused-ring (bicyclic) bond motifs is 1. The molecule has 0 bridgehead atoms. The van der Waals surface area contributed by atoms with E-state index in [4.69, 9.17) is 10.8 Å². The quantitative estimate of drug-likeness (QED) is 0.274. The van der Waals surface area contributed by atoms with Gasteiger partial charge in [-0.25, -0.2) is 4.98 Å². The van der Waals surface area contributed by atoms with Crippen molar-refractivity contribution in [3.63, 3.8) is 0 Å². The number of nitrogens with zero attached hydrogens (tertiary/aromatic N) is 4. The van der Waals surface area contributed by atoms with Gasteiger partial charge in [0.05, 0.1) is 0 Å². The smallest absolute Gasteiger partial charge is 0.138 e. The molecule has 1 saturated heterocycles. The van der Waals surface area contributed by atoms with Gasteiger partial charge in [0.2, 0.25) is 0 Å². The van der Waals surface area contributed by atoms with E-state index in [9.17, 15) is 0 Å². The lowest BCUT2D eigenvalue weighted by Crippen LogP contribution is -2.18. The Balaban J connectivity index is 1.39. The summed E-state index contributed by atoms with van der Waals surface area (Å²) < 4.78 is 2.03. The van der Waals surface area contributed by atoms with E-state index in [2.05, 4.69) is 71.3 Å². The minimum Gasteiger partial charge on any atom is -0.399 e. The van der Waals surface area contributed by atoms with E-state index < -0.39 is 0 Å². The predicted molar refractivity (Wildman–Crippen MR) is 147 cm³/mol. The van der Waals surface area contributed by atoms with Gasteiger partial charge in [0.15, 0.2) is 0 Å². The Morgan fingerprint density at radius 1 is 0.917 bits per heavy atom. The van der Waals surface area contributed by atoms with E-state index >= 15 is 0 Å². The van der Waals surface area contributed by atoms with Crippen LogP contribution in [-0.2, 0) is 6.54 Å². The van der Waals surface area contributed by atoms with Gasteiger partial charge in [-0.3, -0.25) is 9.58 Å². The highest BCUT2D eigenvalue weighted by molar-refractivity contribution is 5.99. The molecule has 6 heteroatoms. The molecule has 3 N–H and O–H groups in total. The number of aromatic nitrogens is 4. The molecule has 0 saturated carbocycles. The molecule has 6 rings (SSSR count). The second kappa shape index (κ2) is 9.28. The summed E-state index contributed by atoms with van der Waals surface area (Å²) in [6.07, 6.45) is 6.65. The molecule has 6 nitrogen and oxygen atoms in total. The van der Waals surface area contributed by atoms with Crippen molar-refractivity contribution >= 4 is 16.7 Å². The number of nitrogens with two attached hydrogens (primary N) is 1. The van der Waals surface area contributed by atoms with E-state index in [-0.39, 0.29) is 6.04 Å². The lowest BCUT2D eigenvalue weighted by molar-refractivity contribution is 0.331. The van der Waals surface area contributed by atoms with Crippen LogP contribution < -0.4 is 5.73 Å². The van der Waals surface area contributed by atoms with Crippen molar-refractivity contribution in [3.8, 4) is 33.6 Å². The molecule has 1 fully saturated rings. The molecule has 2 aromatic carbocycles. The molecule has 0 aliphatic carbocycles. The predicted octanol–water partition coefficient (Wildman–Crippen LogP) is 6.52. The van der Waals surface area contributed by atoms with E-state index in [1.165, 1.54) is 37.1 Å². The first-order chi connectivity index (χ1) is 17.5. The normalized spacial score (nSPS) is 14.3. The lowest BCUT2D eigenvalue weighted by atomic mass is 10.00. The molecule has 0 atom stereocenters. The number of pyridine rings is 1. The van der Waals surface area contributed by atoms with Gasteiger partial charge in [0.25, 0.3) is 0 Å². The highest BCUT2D eigenvalue weighted by Gasteiger charge is 2.18. The van der Waals surface area contributed by atoms with Gasteiger partial charge in [-0.1, -0.05) is 36.4 Å². The Kier molecular flexibility index (Phi) is 5.82. The number of anilines is 1. The summed E-state index contributed by atoms with van der Waals surface area (Å²) in [6, 6.07) is 21.4. The van der Waals surface area contributed by atoms with Gasteiger partial charge in [0, 0.05) is 52.9 Å². The molecule has 182 valence electrons. The fraction of sp³-hybridized carbons (Fsp3) is 0.267. The Labute approximate surface area is 211 Å². The molecular formula is C30H32N6. The maximum atomic E-state index is 5.95. The topological polar surface area (TPSA) is 75.8 Å². The van der Waals surface area contributed by atoms with Gasteiger partial charge < -0.3 is 10.7 Å². The Hall–Kier alpha value is -3.90. The average Bonchev–Trinajstić information content (AvgIpc) is 3.64. The summed E-state index contributed by atoms with van der Waals surface area (Å²) in [5, 5.41) is 6.04. The summed E-state index contributed by atoms with van der Waals surface area (Å²) >= 11 is 0. The van der Waals surface area contributed by atoms with E-state index in [0.29, 0.717) is 0 Å². The molecule has 1 aliphatic heterocycles. The number of nitrogens with one attached hydrogen (secondary N) is 1. The van der Waals surface area contributed by atoms with Crippen LogP contribution in [0.3, 0.4) is 0 Å². The lowest BCUT2D eigenvalue weighted by Gasteiger charge is -2.14. The largest absolute Gasteiger partial charge is 0.399 e. The van der Waals surface area contributed by atoms with Crippen molar-refractivity contribution in [3.05, 3.63) is 78.6 Å². The number of rotatable bonds is 6. The summed E-state index contributed by atoms with van der Waals surface area (Å²) in [5.74, 6) is 0. The van der Waals surface area contributed by atoms with Crippen LogP contribution in [0.25, 0.3) is 44.7 Å². The minimum atomic E-state index is 0.254. The molecule has 4 heterocycles. The number of nitrogen functional groups attached to an aromatic ring is 1. The van der Waals surface area contributed by atoms with Crippen LogP contribution in [0.2, 0.25) is 0 Å². The van der Waals surface area contributed by atoms with Crippen LogP contribution in [0.1, 0.15) is 38.3 Å². The summed E-state index contributed by atoms with van der Waals surface area (Å²) in [4.78, 5) is 10.7. The highest BCUT2D eigenvalue weighted by Crippen LogP contribution is 2.37. The zero-order valence-corrected chi connectivity index (χ0v) is 20.9. The van der Waals surface area contributed by atoms with Crippen LogP contribution in [0.5, 0.6) is 0 Å². The third kappa shape index (κ3) is 4.29. The van der Waals surface area contributed by atoms with Crippen molar-refractivity contribution in [1.82, 2.24) is 24.6 Å². The van der Waals surface area contributed by atoms with E-state index in [1.807, 2.05) is 35.1 Å². The maximum absolute atomic E-state index is 5.95. The van der Waals surface area contributed by atoms with Gasteiger partial charge in [-0.05, 0) is 80.7 Å². The molecule has 1 aliphatic rings. The summed E-state index contributed by atoms with van der Waals surface area (Å²) in [7, 11) is 0. The van der Waals surface area contributed by atoms with Crippen molar-refractivity contribution < 1.29 is 0 Å². The van der Waals surface area contributed by atoms with Crippen LogP contribution in [0, 0.1) is 0 Å². The van der Waals surface area contributed by atoms with Crippen molar-refractivity contribution in [2.45, 2.75) is 39.3 Å². The average molecular weight is 477 g/mol. The molecule has 0 radical (unpaired) electrons. The van der Waals surface area contributed by atoms with Crippen molar-refractivity contribution in [1.29, 1.82) is 0 Å². The van der Waals surface area contributed by atoms with Gasteiger partial charge in [0.1, 0.15) is 11.3 Å². The van der Waals surface area contributed by atoms with E-state index in [1.54, 1.807) is 0 Å². The fourth-order valence-electron chi connectivity index (χ4n) is 5.11. The zero-order chi connectivity index (χ0) is 24.6. The second-order valence-electron chi connectivity index (χ2n) is 10.1. The van der Waals surface area contributed by atoms with Crippen molar-refractivity contribution in [2.75, 3.05) is 18.8 Å². The number of aromatic amines is 1. The maximum Gasteiger partial charge on any atom is 0.138 e. The minimum absolute atomic E-state index is 0.254. The van der Waals surface area contributed by atoms with Gasteiger partial charge in [-0.15, -0.1) is 0 Å². The van der Waals surface area contributed by atoms with Gasteiger partial charge >= 0.3 is 0 Å². The zero-order valence-electron chi connectivity index (χ0n) is 20.9. The summed E-state index contributed by atoms with van der Waals surface area (Å²) in [6.45, 7) is 7.75. The SMILES string of the molecule is CC(C)n1cc(-c2ccnc3[nH]c(-c4ccc(CN5CCCC5)cc4)cc23)c(-c2ccc(N)cc2)n1. The molecular weight excluding hydrogens is 444 g/mol.